The molecule has 0 aliphatic heterocycles. The average Bonchev–Trinajstić information content (AvgIpc) is 2.33. The van der Waals surface area contributed by atoms with Gasteiger partial charge in [-0.15, -0.1) is 0 Å². The first kappa shape index (κ1) is 14.5. The van der Waals surface area contributed by atoms with Crippen LogP contribution in [-0.2, 0) is 0 Å². The van der Waals surface area contributed by atoms with Crippen LogP contribution in [0.2, 0.25) is 0 Å². The molecule has 0 saturated carbocycles. The van der Waals surface area contributed by atoms with Gasteiger partial charge in [0.15, 0.2) is 11.6 Å². The van der Waals surface area contributed by atoms with Crippen LogP contribution in [0.1, 0.15) is 30.6 Å². The molecular weight excluding hydrogens is 247 g/mol. The maximum atomic E-state index is 13.3. The minimum absolute atomic E-state index is 0.312. The molecule has 0 spiro atoms. The number of carbonyl (C=O) groups is 1. The zero-order chi connectivity index (χ0) is 13.9. The number of benzene rings is 1. The molecule has 1 atom stereocenters. The second-order valence-electron chi connectivity index (χ2n) is 4.27. The van der Waals surface area contributed by atoms with Gasteiger partial charge in [-0.1, -0.05) is 6.92 Å². The number of amides is 1. The third-order valence-electron chi connectivity index (χ3n) is 2.80. The van der Waals surface area contributed by atoms with Crippen LogP contribution in [0.15, 0.2) is 12.1 Å². The monoisotopic (exact) mass is 261 g/mol. The largest absolute Gasteiger partial charge is 0.394 e. The van der Waals surface area contributed by atoms with Crippen LogP contribution in [0.25, 0.3) is 0 Å². The molecule has 0 radical (unpaired) electrons. The lowest BCUT2D eigenvalue weighted by Gasteiger charge is -2.27. The highest BCUT2D eigenvalue weighted by atomic mass is 19.2. The third kappa shape index (κ3) is 3.01. The van der Waals surface area contributed by atoms with E-state index in [1.807, 2.05) is 0 Å². The molecule has 0 aliphatic rings. The summed E-state index contributed by atoms with van der Waals surface area (Å²) >= 11 is 0. The summed E-state index contributed by atoms with van der Waals surface area (Å²) in [6.07, 6.45) is 0.403. The number of hydrogen-bond acceptors (Lipinski definition) is 2. The predicted octanol–water partition coefficient (Wildman–Crippen LogP) is 1.99. The van der Waals surface area contributed by atoms with Crippen LogP contribution in [0.4, 0.5) is 13.2 Å². The van der Waals surface area contributed by atoms with Crippen molar-refractivity contribution in [3.05, 3.63) is 35.1 Å². The number of halogens is 3. The third-order valence-corrected chi connectivity index (χ3v) is 2.80. The number of nitrogens with one attached hydrogen (secondary N) is 1. The molecule has 18 heavy (non-hydrogen) atoms. The molecule has 3 nitrogen and oxygen atoms in total. The van der Waals surface area contributed by atoms with E-state index < -0.39 is 34.5 Å². The predicted molar refractivity (Wildman–Crippen MR) is 59.6 cm³/mol. The number of aliphatic hydroxyl groups is 1. The van der Waals surface area contributed by atoms with E-state index in [2.05, 4.69) is 5.32 Å². The first-order valence-corrected chi connectivity index (χ1v) is 5.41. The summed E-state index contributed by atoms with van der Waals surface area (Å²) in [6, 6.07) is 0.805. The first-order chi connectivity index (χ1) is 8.33. The van der Waals surface area contributed by atoms with Gasteiger partial charge in [-0.05, 0) is 19.4 Å². The number of rotatable bonds is 4. The van der Waals surface area contributed by atoms with Gasteiger partial charge < -0.3 is 10.4 Å². The molecule has 0 aromatic heterocycles. The van der Waals surface area contributed by atoms with Crippen molar-refractivity contribution in [3.63, 3.8) is 0 Å². The topological polar surface area (TPSA) is 49.3 Å². The highest BCUT2D eigenvalue weighted by Gasteiger charge is 2.26. The van der Waals surface area contributed by atoms with Gasteiger partial charge in [-0.25, -0.2) is 13.2 Å². The van der Waals surface area contributed by atoms with Crippen molar-refractivity contribution in [2.75, 3.05) is 6.61 Å². The van der Waals surface area contributed by atoms with Crippen LogP contribution in [0.5, 0.6) is 0 Å². The molecule has 0 fully saturated rings. The van der Waals surface area contributed by atoms with Crippen molar-refractivity contribution >= 4 is 5.91 Å². The Morgan fingerprint density at radius 1 is 1.28 bits per heavy atom. The van der Waals surface area contributed by atoms with Crippen LogP contribution >= 0.6 is 0 Å². The van der Waals surface area contributed by atoms with E-state index in [1.54, 1.807) is 13.8 Å². The highest BCUT2D eigenvalue weighted by molar-refractivity contribution is 5.95. The maximum absolute atomic E-state index is 13.3. The molecule has 6 heteroatoms. The minimum Gasteiger partial charge on any atom is -0.394 e. The summed E-state index contributed by atoms with van der Waals surface area (Å²) in [5.74, 6) is -4.71. The standard InChI is InChI=1S/C12H14F3NO2/c1-3-12(2,6-17)16-11(18)7-4-9(14)10(15)5-8(7)13/h4-5,17H,3,6H2,1-2H3,(H,16,18)/t12-/m1/s1. The molecular formula is C12H14F3NO2. The zero-order valence-electron chi connectivity index (χ0n) is 10.1. The second-order valence-corrected chi connectivity index (χ2v) is 4.27. The van der Waals surface area contributed by atoms with E-state index in [9.17, 15) is 18.0 Å². The minimum atomic E-state index is -1.36. The Balaban J connectivity index is 3.01. The Bertz CT molecular complexity index is 459. The molecule has 0 saturated heterocycles. The van der Waals surface area contributed by atoms with Crippen molar-refractivity contribution in [1.82, 2.24) is 5.32 Å². The molecule has 0 unspecified atom stereocenters. The van der Waals surface area contributed by atoms with Crippen molar-refractivity contribution in [1.29, 1.82) is 0 Å². The second kappa shape index (κ2) is 5.39. The average molecular weight is 261 g/mol. The van der Waals surface area contributed by atoms with E-state index in [0.717, 1.165) is 0 Å². The molecule has 0 aliphatic carbocycles. The lowest BCUT2D eigenvalue weighted by Crippen LogP contribution is -2.48. The Kier molecular flexibility index (Phi) is 4.34. The first-order valence-electron chi connectivity index (χ1n) is 5.41. The molecule has 0 heterocycles. The number of aliphatic hydroxyl groups excluding tert-OH is 1. The quantitative estimate of drug-likeness (QED) is 0.814. The normalized spacial score (nSPS) is 14.1. The van der Waals surface area contributed by atoms with E-state index in [4.69, 9.17) is 5.11 Å². The zero-order valence-corrected chi connectivity index (χ0v) is 10.1. The SMILES string of the molecule is CC[C@](C)(CO)NC(=O)c1cc(F)c(F)cc1F. The van der Waals surface area contributed by atoms with E-state index in [0.29, 0.717) is 18.6 Å². The van der Waals surface area contributed by atoms with Crippen LogP contribution in [-0.4, -0.2) is 23.2 Å². The summed E-state index contributed by atoms with van der Waals surface area (Å²) in [5, 5.41) is 11.5. The Hall–Kier alpha value is -1.56. The number of carbonyl (C=O) groups excluding carboxylic acids is 1. The summed E-state index contributed by atoms with van der Waals surface area (Å²) in [5.41, 5.74) is -1.53. The van der Waals surface area contributed by atoms with Crippen molar-refractivity contribution < 1.29 is 23.1 Å². The van der Waals surface area contributed by atoms with Gasteiger partial charge in [0.2, 0.25) is 0 Å². The van der Waals surface area contributed by atoms with Gasteiger partial charge in [0.25, 0.3) is 5.91 Å². The summed E-state index contributed by atoms with van der Waals surface area (Å²) in [4.78, 5) is 11.7. The van der Waals surface area contributed by atoms with Gasteiger partial charge in [-0.3, -0.25) is 4.79 Å². The lowest BCUT2D eigenvalue weighted by molar-refractivity contribution is 0.0842. The van der Waals surface area contributed by atoms with Crippen molar-refractivity contribution in [2.45, 2.75) is 25.8 Å². The molecule has 0 bridgehead atoms. The Labute approximate surface area is 103 Å². The summed E-state index contributed by atoms with van der Waals surface area (Å²) in [7, 11) is 0. The van der Waals surface area contributed by atoms with E-state index in [-0.39, 0.29) is 6.61 Å². The van der Waals surface area contributed by atoms with Crippen LogP contribution < -0.4 is 5.32 Å². The molecule has 100 valence electrons. The van der Waals surface area contributed by atoms with Crippen LogP contribution in [0.3, 0.4) is 0 Å². The highest BCUT2D eigenvalue weighted by Crippen LogP contribution is 2.16. The van der Waals surface area contributed by atoms with Gasteiger partial charge >= 0.3 is 0 Å². The fourth-order valence-corrected chi connectivity index (χ4v) is 1.28. The molecule has 1 aromatic carbocycles. The Morgan fingerprint density at radius 3 is 2.33 bits per heavy atom. The molecule has 1 rings (SSSR count). The molecule has 2 N–H and O–H groups in total. The van der Waals surface area contributed by atoms with Crippen molar-refractivity contribution in [2.24, 2.45) is 0 Å². The molecule has 1 amide bonds. The van der Waals surface area contributed by atoms with E-state index in [1.165, 1.54) is 0 Å². The maximum Gasteiger partial charge on any atom is 0.254 e. The van der Waals surface area contributed by atoms with Crippen molar-refractivity contribution in [3.8, 4) is 0 Å². The summed E-state index contributed by atoms with van der Waals surface area (Å²) < 4.78 is 39.0. The van der Waals surface area contributed by atoms with Gasteiger partial charge in [0.1, 0.15) is 5.82 Å². The smallest absolute Gasteiger partial charge is 0.254 e. The van der Waals surface area contributed by atoms with Crippen LogP contribution in [0, 0.1) is 17.5 Å². The number of hydrogen-bond donors (Lipinski definition) is 2. The lowest BCUT2D eigenvalue weighted by atomic mass is 9.99. The molecule has 1 aromatic rings. The Morgan fingerprint density at radius 2 is 1.83 bits per heavy atom. The summed E-state index contributed by atoms with van der Waals surface area (Å²) in [6.45, 7) is 2.93. The van der Waals surface area contributed by atoms with Gasteiger partial charge in [-0.2, -0.15) is 0 Å². The van der Waals surface area contributed by atoms with E-state index >= 15 is 0 Å². The fraction of sp³-hybridized carbons (Fsp3) is 0.417. The van der Waals surface area contributed by atoms with Gasteiger partial charge in [0, 0.05) is 6.07 Å². The van der Waals surface area contributed by atoms with Gasteiger partial charge in [0.05, 0.1) is 17.7 Å². The fourth-order valence-electron chi connectivity index (χ4n) is 1.28.